The Labute approximate surface area is 164 Å². The number of para-hydroxylation sites is 1. The van der Waals surface area contributed by atoms with Crippen molar-refractivity contribution in [3.63, 3.8) is 0 Å². The molecule has 0 aliphatic heterocycles. The van der Waals surface area contributed by atoms with E-state index in [1.165, 1.54) is 35.5 Å². The Hall–Kier alpha value is -2.84. The number of hydrogen-bond acceptors (Lipinski definition) is 8. The predicted octanol–water partition coefficient (Wildman–Crippen LogP) is 2.20. The van der Waals surface area contributed by atoms with Gasteiger partial charge in [-0.1, -0.05) is 6.07 Å². The quantitative estimate of drug-likeness (QED) is 0.633. The molecule has 0 heterocycles. The van der Waals surface area contributed by atoms with Gasteiger partial charge in [-0.15, -0.1) is 0 Å². The third-order valence-corrected chi connectivity index (χ3v) is 4.21. The Bertz CT molecular complexity index is 730. The van der Waals surface area contributed by atoms with Crippen LogP contribution in [0.1, 0.15) is 11.7 Å². The predicted molar refractivity (Wildman–Crippen MR) is 102 cm³/mol. The highest BCUT2D eigenvalue weighted by Crippen LogP contribution is 2.42. The molecule has 2 rings (SSSR count). The molecule has 2 aromatic carbocycles. The van der Waals surface area contributed by atoms with Gasteiger partial charge in [-0.3, -0.25) is 0 Å². The zero-order chi connectivity index (χ0) is 20.7. The van der Waals surface area contributed by atoms with Crippen molar-refractivity contribution in [3.8, 4) is 34.5 Å². The number of aliphatic hydroxyl groups is 2. The largest absolute Gasteiger partial charge is 0.493 e. The fourth-order valence-electron chi connectivity index (χ4n) is 2.77. The number of hydrogen-bond donors (Lipinski definition) is 2. The van der Waals surface area contributed by atoms with Crippen molar-refractivity contribution in [3.05, 3.63) is 35.9 Å². The second kappa shape index (κ2) is 9.91. The molecule has 0 radical (unpaired) electrons. The number of aliphatic hydroxyl groups excluding tert-OH is 2. The minimum absolute atomic E-state index is 0.276. The Balaban J connectivity index is 2.41. The molecule has 2 N–H and O–H groups in total. The highest BCUT2D eigenvalue weighted by atomic mass is 16.6. The van der Waals surface area contributed by atoms with Crippen molar-refractivity contribution in [2.45, 2.75) is 12.2 Å². The number of rotatable bonds is 10. The summed E-state index contributed by atoms with van der Waals surface area (Å²) in [6.45, 7) is -0.459. The summed E-state index contributed by atoms with van der Waals surface area (Å²) in [5, 5.41) is 20.7. The van der Waals surface area contributed by atoms with Gasteiger partial charge in [0.25, 0.3) is 0 Å². The Kier molecular flexibility index (Phi) is 7.60. The lowest BCUT2D eigenvalue weighted by Crippen LogP contribution is -2.29. The third-order valence-electron chi connectivity index (χ3n) is 4.21. The number of benzene rings is 2. The highest BCUT2D eigenvalue weighted by molar-refractivity contribution is 5.55. The van der Waals surface area contributed by atoms with Crippen LogP contribution in [0.2, 0.25) is 0 Å². The topological polar surface area (TPSA) is 95.8 Å². The molecule has 0 bridgehead atoms. The second-order valence-electron chi connectivity index (χ2n) is 5.73. The van der Waals surface area contributed by atoms with Gasteiger partial charge in [0, 0.05) is 0 Å². The van der Waals surface area contributed by atoms with Crippen LogP contribution >= 0.6 is 0 Å². The van der Waals surface area contributed by atoms with Crippen LogP contribution in [0.3, 0.4) is 0 Å². The van der Waals surface area contributed by atoms with Crippen LogP contribution < -0.4 is 28.4 Å². The minimum atomic E-state index is -1.20. The number of methoxy groups -OCH3 is 5. The van der Waals surface area contributed by atoms with Crippen LogP contribution in [0, 0.1) is 0 Å². The minimum Gasteiger partial charge on any atom is -0.493 e. The van der Waals surface area contributed by atoms with Gasteiger partial charge in [-0.25, -0.2) is 0 Å². The molecule has 0 amide bonds. The van der Waals surface area contributed by atoms with E-state index in [0.29, 0.717) is 34.3 Å². The van der Waals surface area contributed by atoms with Gasteiger partial charge in [0.2, 0.25) is 11.5 Å². The van der Waals surface area contributed by atoms with Crippen LogP contribution in [-0.4, -0.2) is 58.5 Å². The van der Waals surface area contributed by atoms with E-state index >= 15 is 0 Å². The molecule has 0 aromatic heterocycles. The maximum Gasteiger partial charge on any atom is 0.203 e. The summed E-state index contributed by atoms with van der Waals surface area (Å²) >= 11 is 0. The SMILES string of the molecule is COc1cc([C@@H](O)[C@H](CO)Oc2c(OC)cccc2OC)cc(OC)c1OC. The first-order chi connectivity index (χ1) is 13.5. The smallest absolute Gasteiger partial charge is 0.203 e. The second-order valence-corrected chi connectivity index (χ2v) is 5.73. The van der Waals surface area contributed by atoms with Crippen molar-refractivity contribution in [2.24, 2.45) is 0 Å². The summed E-state index contributed by atoms with van der Waals surface area (Å²) in [5.74, 6) is 2.25. The van der Waals surface area contributed by atoms with Gasteiger partial charge in [-0.2, -0.15) is 0 Å². The maximum atomic E-state index is 10.9. The molecule has 2 atom stereocenters. The van der Waals surface area contributed by atoms with Crippen molar-refractivity contribution in [2.75, 3.05) is 42.2 Å². The standard InChI is InChI=1S/C20H26O8/c1-23-13-7-6-8-14(24-2)20(13)28-17(11-21)18(22)12-9-15(25-3)19(27-5)16(10-12)26-4/h6-10,17-18,21-22H,11H2,1-5H3/t17-,18+/m0/s1. The van der Waals surface area contributed by atoms with E-state index in [1.807, 2.05) is 0 Å². The Morgan fingerprint density at radius 1 is 0.750 bits per heavy atom. The molecule has 8 nitrogen and oxygen atoms in total. The average Bonchev–Trinajstić information content (AvgIpc) is 2.75. The molecular weight excluding hydrogens is 368 g/mol. The fourth-order valence-corrected chi connectivity index (χ4v) is 2.77. The van der Waals surface area contributed by atoms with Crippen LogP contribution in [0.5, 0.6) is 34.5 Å². The lowest BCUT2D eigenvalue weighted by atomic mass is 10.0. The van der Waals surface area contributed by atoms with Crippen LogP contribution in [0.15, 0.2) is 30.3 Å². The molecular formula is C20H26O8. The zero-order valence-corrected chi connectivity index (χ0v) is 16.6. The van der Waals surface area contributed by atoms with E-state index in [0.717, 1.165) is 0 Å². The normalized spacial score (nSPS) is 12.7. The Morgan fingerprint density at radius 3 is 1.64 bits per heavy atom. The molecule has 28 heavy (non-hydrogen) atoms. The van der Waals surface area contributed by atoms with Gasteiger partial charge in [0.1, 0.15) is 6.10 Å². The summed E-state index contributed by atoms with van der Waals surface area (Å²) in [5.41, 5.74) is 0.419. The monoisotopic (exact) mass is 394 g/mol. The van der Waals surface area contributed by atoms with Crippen molar-refractivity contribution in [1.82, 2.24) is 0 Å². The van der Waals surface area contributed by atoms with Crippen LogP contribution in [-0.2, 0) is 0 Å². The summed E-state index contributed by atoms with van der Waals surface area (Å²) in [6, 6.07) is 8.32. The summed E-state index contributed by atoms with van der Waals surface area (Å²) < 4.78 is 32.4. The van der Waals surface area contributed by atoms with Gasteiger partial charge in [0.05, 0.1) is 42.2 Å². The van der Waals surface area contributed by atoms with Crippen LogP contribution in [0.4, 0.5) is 0 Å². The first-order valence-electron chi connectivity index (χ1n) is 8.51. The first-order valence-corrected chi connectivity index (χ1v) is 8.51. The number of ether oxygens (including phenoxy) is 6. The van der Waals surface area contributed by atoms with E-state index in [4.69, 9.17) is 28.4 Å². The molecule has 0 saturated heterocycles. The summed E-state index contributed by atoms with van der Waals surface area (Å²) in [6.07, 6.45) is -2.21. The molecule has 0 spiro atoms. The summed E-state index contributed by atoms with van der Waals surface area (Å²) in [4.78, 5) is 0. The molecule has 2 aromatic rings. The third kappa shape index (κ3) is 4.35. The molecule has 154 valence electrons. The van der Waals surface area contributed by atoms with E-state index in [1.54, 1.807) is 30.3 Å². The van der Waals surface area contributed by atoms with Crippen molar-refractivity contribution < 1.29 is 38.6 Å². The van der Waals surface area contributed by atoms with E-state index in [2.05, 4.69) is 0 Å². The van der Waals surface area contributed by atoms with E-state index < -0.39 is 18.8 Å². The van der Waals surface area contributed by atoms with Gasteiger partial charge < -0.3 is 38.6 Å². The molecule has 0 unspecified atom stereocenters. The molecule has 0 aliphatic rings. The molecule has 8 heteroatoms. The highest BCUT2D eigenvalue weighted by Gasteiger charge is 2.27. The van der Waals surface area contributed by atoms with Crippen molar-refractivity contribution >= 4 is 0 Å². The zero-order valence-electron chi connectivity index (χ0n) is 16.6. The van der Waals surface area contributed by atoms with E-state index in [9.17, 15) is 10.2 Å². The van der Waals surface area contributed by atoms with Crippen LogP contribution in [0.25, 0.3) is 0 Å². The van der Waals surface area contributed by atoms with Gasteiger partial charge in [0.15, 0.2) is 29.1 Å². The average molecular weight is 394 g/mol. The lowest BCUT2D eigenvalue weighted by Gasteiger charge is -2.25. The lowest BCUT2D eigenvalue weighted by molar-refractivity contribution is -0.00184. The van der Waals surface area contributed by atoms with E-state index in [-0.39, 0.29) is 5.75 Å². The van der Waals surface area contributed by atoms with Crippen molar-refractivity contribution in [1.29, 1.82) is 0 Å². The fraction of sp³-hybridized carbons (Fsp3) is 0.400. The first kappa shape index (κ1) is 21.5. The molecule has 0 fully saturated rings. The molecule has 0 aliphatic carbocycles. The van der Waals surface area contributed by atoms with Gasteiger partial charge in [-0.05, 0) is 29.8 Å². The Morgan fingerprint density at radius 2 is 1.25 bits per heavy atom. The molecule has 0 saturated carbocycles. The maximum absolute atomic E-state index is 10.9. The summed E-state index contributed by atoms with van der Waals surface area (Å²) in [7, 11) is 7.43. The van der Waals surface area contributed by atoms with Gasteiger partial charge >= 0.3 is 0 Å².